The van der Waals surface area contributed by atoms with Gasteiger partial charge in [-0.3, -0.25) is 10.1 Å². The van der Waals surface area contributed by atoms with E-state index in [9.17, 15) is 4.79 Å². The number of nitrogens with one attached hydrogen (secondary N) is 2. The number of furan rings is 1. The quantitative estimate of drug-likeness (QED) is 0.714. The average molecular weight is 336 g/mol. The highest BCUT2D eigenvalue weighted by Crippen LogP contribution is 2.21. The lowest BCUT2D eigenvalue weighted by Crippen LogP contribution is -2.41. The smallest absolute Gasteiger partial charge is 0.293 e. The monoisotopic (exact) mass is 336 g/mol. The first-order valence-corrected chi connectivity index (χ1v) is 7.90. The molecular formula is C19H16N2O2S. The summed E-state index contributed by atoms with van der Waals surface area (Å²) in [6, 6.07) is 22.9. The summed E-state index contributed by atoms with van der Waals surface area (Å²) in [6.07, 6.45) is 1.45. The second-order valence-electron chi connectivity index (χ2n) is 5.16. The molecule has 2 N–H and O–H groups in total. The minimum absolute atomic E-state index is 0.156. The van der Waals surface area contributed by atoms with Gasteiger partial charge in [0.15, 0.2) is 10.9 Å². The van der Waals surface area contributed by atoms with Crippen molar-refractivity contribution in [2.24, 2.45) is 0 Å². The van der Waals surface area contributed by atoms with Gasteiger partial charge in [-0.2, -0.15) is 0 Å². The van der Waals surface area contributed by atoms with E-state index in [0.29, 0.717) is 0 Å². The molecule has 1 amide bonds. The second kappa shape index (κ2) is 7.57. The number of hydrogen-bond donors (Lipinski definition) is 2. The third-order valence-electron chi connectivity index (χ3n) is 3.51. The number of carbonyl (C=O) groups is 1. The van der Waals surface area contributed by atoms with Gasteiger partial charge in [0.2, 0.25) is 0 Å². The van der Waals surface area contributed by atoms with Crippen molar-refractivity contribution in [2.45, 2.75) is 6.04 Å². The van der Waals surface area contributed by atoms with Gasteiger partial charge in [0, 0.05) is 0 Å². The van der Waals surface area contributed by atoms with Crippen molar-refractivity contribution >= 4 is 23.2 Å². The predicted molar refractivity (Wildman–Crippen MR) is 96.6 cm³/mol. The Balaban J connectivity index is 1.77. The normalized spacial score (nSPS) is 10.4. The predicted octanol–water partition coefficient (Wildman–Crippen LogP) is 3.67. The molecule has 2 aromatic carbocycles. The lowest BCUT2D eigenvalue weighted by molar-refractivity contribution is 0.0949. The Bertz CT molecular complexity index is 762. The van der Waals surface area contributed by atoms with E-state index in [-0.39, 0.29) is 22.8 Å². The highest BCUT2D eigenvalue weighted by Gasteiger charge is 2.17. The summed E-state index contributed by atoms with van der Waals surface area (Å²) >= 11 is 5.30. The molecule has 1 aromatic heterocycles. The summed E-state index contributed by atoms with van der Waals surface area (Å²) in [5.74, 6) is -0.160. The van der Waals surface area contributed by atoms with Crippen LogP contribution in [0.3, 0.4) is 0 Å². The van der Waals surface area contributed by atoms with Crippen molar-refractivity contribution in [3.63, 3.8) is 0 Å². The molecule has 24 heavy (non-hydrogen) atoms. The molecule has 0 bridgehead atoms. The minimum atomic E-state index is -0.377. The fourth-order valence-corrected chi connectivity index (χ4v) is 2.60. The van der Waals surface area contributed by atoms with Crippen LogP contribution in [0, 0.1) is 0 Å². The molecule has 1 heterocycles. The molecule has 0 saturated heterocycles. The Morgan fingerprint density at radius 1 is 0.875 bits per heavy atom. The molecule has 3 rings (SSSR count). The van der Waals surface area contributed by atoms with Gasteiger partial charge < -0.3 is 9.73 Å². The Morgan fingerprint density at radius 2 is 1.46 bits per heavy atom. The Kier molecular flexibility index (Phi) is 5.03. The van der Waals surface area contributed by atoms with E-state index in [0.717, 1.165) is 11.1 Å². The summed E-state index contributed by atoms with van der Waals surface area (Å²) < 4.78 is 5.07. The van der Waals surface area contributed by atoms with Crippen molar-refractivity contribution in [1.82, 2.24) is 10.6 Å². The number of benzene rings is 2. The van der Waals surface area contributed by atoms with E-state index >= 15 is 0 Å². The zero-order valence-corrected chi connectivity index (χ0v) is 13.6. The van der Waals surface area contributed by atoms with Crippen LogP contribution >= 0.6 is 12.2 Å². The van der Waals surface area contributed by atoms with E-state index in [1.807, 2.05) is 60.7 Å². The van der Waals surface area contributed by atoms with Crippen LogP contribution in [0.25, 0.3) is 0 Å². The molecule has 0 aliphatic heterocycles. The van der Waals surface area contributed by atoms with Gasteiger partial charge >= 0.3 is 0 Å². The van der Waals surface area contributed by atoms with Crippen LogP contribution in [-0.2, 0) is 0 Å². The molecule has 0 aliphatic carbocycles. The van der Waals surface area contributed by atoms with E-state index in [1.54, 1.807) is 12.1 Å². The first-order valence-electron chi connectivity index (χ1n) is 7.49. The molecule has 0 aliphatic rings. The molecule has 0 atom stereocenters. The molecule has 3 aromatic rings. The molecule has 0 spiro atoms. The zero-order chi connectivity index (χ0) is 16.8. The van der Waals surface area contributed by atoms with E-state index < -0.39 is 0 Å². The van der Waals surface area contributed by atoms with Crippen LogP contribution < -0.4 is 10.6 Å². The second-order valence-corrected chi connectivity index (χ2v) is 5.57. The van der Waals surface area contributed by atoms with Crippen LogP contribution in [0.15, 0.2) is 83.5 Å². The highest BCUT2D eigenvalue weighted by molar-refractivity contribution is 7.80. The van der Waals surface area contributed by atoms with Gasteiger partial charge in [0.25, 0.3) is 5.91 Å². The van der Waals surface area contributed by atoms with Gasteiger partial charge in [-0.05, 0) is 35.5 Å². The third kappa shape index (κ3) is 3.88. The molecule has 0 saturated carbocycles. The Hall–Kier alpha value is -2.92. The van der Waals surface area contributed by atoms with Gasteiger partial charge in [0.05, 0.1) is 12.3 Å². The Labute approximate surface area is 145 Å². The fraction of sp³-hybridized carbons (Fsp3) is 0.0526. The lowest BCUT2D eigenvalue weighted by Gasteiger charge is -2.21. The Morgan fingerprint density at radius 3 is 1.96 bits per heavy atom. The topological polar surface area (TPSA) is 54.3 Å². The maximum atomic E-state index is 12.0. The molecule has 5 heteroatoms. The van der Waals surface area contributed by atoms with E-state index in [4.69, 9.17) is 16.6 Å². The summed E-state index contributed by atoms with van der Waals surface area (Å²) in [4.78, 5) is 12.0. The molecule has 0 unspecified atom stereocenters. The molecular weight excluding hydrogens is 320 g/mol. The largest absolute Gasteiger partial charge is 0.459 e. The summed E-state index contributed by atoms with van der Waals surface area (Å²) in [5.41, 5.74) is 2.11. The average Bonchev–Trinajstić information content (AvgIpc) is 3.16. The van der Waals surface area contributed by atoms with Crippen LogP contribution in [0.2, 0.25) is 0 Å². The van der Waals surface area contributed by atoms with Gasteiger partial charge in [0.1, 0.15) is 0 Å². The summed E-state index contributed by atoms with van der Waals surface area (Å²) in [6.45, 7) is 0. The number of amides is 1. The van der Waals surface area contributed by atoms with Crippen molar-refractivity contribution < 1.29 is 9.21 Å². The zero-order valence-electron chi connectivity index (χ0n) is 12.8. The van der Waals surface area contributed by atoms with Crippen molar-refractivity contribution in [1.29, 1.82) is 0 Å². The summed E-state index contributed by atoms with van der Waals surface area (Å²) in [5, 5.41) is 6.08. The van der Waals surface area contributed by atoms with E-state index in [1.165, 1.54) is 6.26 Å². The van der Waals surface area contributed by atoms with Crippen molar-refractivity contribution in [3.05, 3.63) is 95.9 Å². The van der Waals surface area contributed by atoms with Crippen LogP contribution in [0.5, 0.6) is 0 Å². The van der Waals surface area contributed by atoms with Crippen LogP contribution in [0.1, 0.15) is 27.7 Å². The van der Waals surface area contributed by atoms with Crippen LogP contribution in [-0.4, -0.2) is 11.0 Å². The van der Waals surface area contributed by atoms with Gasteiger partial charge in [-0.15, -0.1) is 0 Å². The van der Waals surface area contributed by atoms with Gasteiger partial charge in [-0.1, -0.05) is 60.7 Å². The molecule has 0 radical (unpaired) electrons. The van der Waals surface area contributed by atoms with Gasteiger partial charge in [-0.25, -0.2) is 0 Å². The maximum absolute atomic E-state index is 12.0. The molecule has 120 valence electrons. The number of thiocarbonyl (C=S) groups is 1. The van der Waals surface area contributed by atoms with Crippen molar-refractivity contribution in [2.75, 3.05) is 0 Å². The maximum Gasteiger partial charge on any atom is 0.293 e. The SMILES string of the molecule is O=C(NC(=S)NC(c1ccccc1)c1ccccc1)c1ccco1. The lowest BCUT2D eigenvalue weighted by atomic mass is 9.99. The highest BCUT2D eigenvalue weighted by atomic mass is 32.1. The van der Waals surface area contributed by atoms with Crippen molar-refractivity contribution in [3.8, 4) is 0 Å². The fourth-order valence-electron chi connectivity index (χ4n) is 2.39. The third-order valence-corrected chi connectivity index (χ3v) is 3.73. The molecule has 4 nitrogen and oxygen atoms in total. The number of hydrogen-bond acceptors (Lipinski definition) is 3. The summed E-state index contributed by atoms with van der Waals surface area (Å²) in [7, 11) is 0. The standard InChI is InChI=1S/C19H16N2O2S/c22-18(16-12-7-13-23-16)21-19(24)20-17(14-8-3-1-4-9-14)15-10-5-2-6-11-15/h1-13,17H,(H2,20,21,22,24). The van der Waals surface area contributed by atoms with E-state index in [2.05, 4.69) is 10.6 Å². The van der Waals surface area contributed by atoms with Crippen LogP contribution in [0.4, 0.5) is 0 Å². The minimum Gasteiger partial charge on any atom is -0.459 e. The molecule has 0 fully saturated rings. The first-order chi connectivity index (χ1) is 11.7. The number of rotatable bonds is 4. The first kappa shape index (κ1) is 16.0. The number of carbonyl (C=O) groups excluding carboxylic acids is 1.